The number of H-pyrrole nitrogens is 4. The number of hydrogen-bond acceptors (Lipinski definition) is 0. The molecule has 0 spiro atoms. The van der Waals surface area contributed by atoms with E-state index < -0.39 is 80.4 Å². The molecule has 0 amide bonds. The zero-order chi connectivity index (χ0) is 42.3. The van der Waals surface area contributed by atoms with Gasteiger partial charge in [0, 0.05) is 90.7 Å². The standard InChI is InChI=1S/C44H24F10N6/c1-59-15-11-19(12-16-59)29-21-3-4-22(55-21)30(20-13-17-60(2)18-14-20)24-6-8-26(57-24)32(34-37(47)41(51)44(54)42(52)38(34)48)28-10-9-27(58-28)31(25-7-5-23(29)56-25)33-35(45)39(49)43(53)40(50)36(33)46/h3-18,55H,1-2H3,(H,56,57,58)/p+2. The fourth-order valence-electron chi connectivity index (χ4n) is 7.47. The predicted molar refractivity (Wildman–Crippen MR) is 196 cm³/mol. The van der Waals surface area contributed by atoms with Crippen molar-refractivity contribution in [3.8, 4) is 0 Å². The fourth-order valence-corrected chi connectivity index (χ4v) is 7.47. The molecule has 0 saturated heterocycles. The van der Waals surface area contributed by atoms with Gasteiger partial charge in [0.25, 0.3) is 0 Å². The van der Waals surface area contributed by atoms with Crippen LogP contribution in [0.15, 0.2) is 97.6 Å². The Labute approximate surface area is 331 Å². The topological polar surface area (TPSA) is 70.9 Å². The number of pyridine rings is 2. The van der Waals surface area contributed by atoms with E-state index in [9.17, 15) is 26.3 Å². The van der Waals surface area contributed by atoms with Crippen LogP contribution in [-0.2, 0) is 14.1 Å². The van der Waals surface area contributed by atoms with E-state index in [0.29, 0.717) is 44.4 Å². The molecule has 0 fully saturated rings. The molecule has 0 atom stereocenters. The highest BCUT2D eigenvalue weighted by atomic mass is 19.2. The maximum absolute atomic E-state index is 15.8. The van der Waals surface area contributed by atoms with Crippen molar-refractivity contribution in [1.29, 1.82) is 0 Å². The molecule has 0 aliphatic carbocycles. The van der Waals surface area contributed by atoms with Crippen LogP contribution in [0.2, 0.25) is 0 Å². The lowest BCUT2D eigenvalue weighted by molar-refractivity contribution is -0.671. The van der Waals surface area contributed by atoms with Crippen LogP contribution in [0, 0.1) is 58.2 Å². The lowest BCUT2D eigenvalue weighted by Crippen LogP contribution is -2.26. The maximum Gasteiger partial charge on any atom is 0.200 e. The number of nitrogens with zero attached hydrogens (tertiary/aromatic N) is 2. The summed E-state index contributed by atoms with van der Waals surface area (Å²) in [4.78, 5) is 12.3. The van der Waals surface area contributed by atoms with Gasteiger partial charge in [-0.1, -0.05) is 0 Å². The lowest BCUT2D eigenvalue weighted by Gasteiger charge is -2.12. The number of hydrogen-bond donors (Lipinski definition) is 4. The molecule has 0 saturated carbocycles. The third-order valence-corrected chi connectivity index (χ3v) is 10.4. The molecule has 0 radical (unpaired) electrons. The number of benzene rings is 2. The van der Waals surface area contributed by atoms with Crippen LogP contribution < -0.4 is 30.5 Å². The number of fused-ring (bicyclic) bond motifs is 8. The van der Waals surface area contributed by atoms with Gasteiger partial charge in [0.2, 0.25) is 11.6 Å². The molecule has 8 aromatic rings. The van der Waals surface area contributed by atoms with Crippen molar-refractivity contribution >= 4 is 22.3 Å². The Balaban J connectivity index is 1.50. The Morgan fingerprint density at radius 1 is 0.300 bits per heavy atom. The molecule has 60 heavy (non-hydrogen) atoms. The third kappa shape index (κ3) is 5.96. The van der Waals surface area contributed by atoms with E-state index in [2.05, 4.69) is 19.9 Å². The lowest BCUT2D eigenvalue weighted by atomic mass is 10.00. The van der Waals surface area contributed by atoms with Gasteiger partial charge in [-0.05, 0) is 59.7 Å². The van der Waals surface area contributed by atoms with Crippen molar-refractivity contribution in [2.24, 2.45) is 14.1 Å². The third-order valence-electron chi connectivity index (χ3n) is 10.4. The van der Waals surface area contributed by atoms with Crippen LogP contribution in [0.1, 0.15) is 45.0 Å². The van der Waals surface area contributed by atoms with E-state index >= 15 is 17.6 Å². The van der Waals surface area contributed by atoms with Crippen molar-refractivity contribution in [3.05, 3.63) is 222 Å². The molecule has 300 valence electrons. The summed E-state index contributed by atoms with van der Waals surface area (Å²) < 4.78 is 155. The van der Waals surface area contributed by atoms with Crippen molar-refractivity contribution < 1.29 is 53.0 Å². The molecule has 9 rings (SSSR count). The summed E-state index contributed by atoms with van der Waals surface area (Å²) in [7, 11) is 3.62. The molecule has 16 heteroatoms. The van der Waals surface area contributed by atoms with Crippen LogP contribution in [0.5, 0.6) is 0 Å². The average molecular weight is 829 g/mol. The van der Waals surface area contributed by atoms with Crippen molar-refractivity contribution in [2.45, 2.75) is 0 Å². The van der Waals surface area contributed by atoms with Gasteiger partial charge >= 0.3 is 0 Å². The van der Waals surface area contributed by atoms with Crippen LogP contribution >= 0.6 is 0 Å². The van der Waals surface area contributed by atoms with E-state index in [4.69, 9.17) is 0 Å². The van der Waals surface area contributed by atoms with Gasteiger partial charge in [-0.3, -0.25) is 0 Å². The van der Waals surface area contributed by atoms with Crippen molar-refractivity contribution in [3.63, 3.8) is 0 Å². The molecule has 8 bridgehead atoms. The molecule has 2 aromatic carbocycles. The molecule has 0 unspecified atom stereocenters. The van der Waals surface area contributed by atoms with Gasteiger partial charge in [-0.15, -0.1) is 0 Å². The molecule has 4 N–H and O–H groups in total. The highest BCUT2D eigenvalue weighted by Gasteiger charge is 2.32. The Kier molecular flexibility index (Phi) is 9.02. The molecule has 1 aliphatic rings. The minimum Gasteiger partial charge on any atom is -0.354 e. The summed E-state index contributed by atoms with van der Waals surface area (Å²) >= 11 is 0. The monoisotopic (exact) mass is 828 g/mol. The van der Waals surface area contributed by atoms with Crippen LogP contribution in [-0.4, -0.2) is 19.9 Å². The predicted octanol–water partition coefficient (Wildman–Crippen LogP) is 5.34. The summed E-state index contributed by atoms with van der Waals surface area (Å²) in [6.07, 6.45) is 7.12. The first-order valence-electron chi connectivity index (χ1n) is 17.9. The van der Waals surface area contributed by atoms with E-state index in [0.717, 1.165) is 12.1 Å². The summed E-state index contributed by atoms with van der Waals surface area (Å²) in [6, 6.07) is 18.6. The number of aromatic nitrogens is 6. The quantitative estimate of drug-likeness (QED) is 0.0802. The second-order valence-electron chi connectivity index (χ2n) is 14.0. The summed E-state index contributed by atoms with van der Waals surface area (Å²) in [5.41, 5.74) is -1.41. The Morgan fingerprint density at radius 2 is 0.550 bits per heavy atom. The van der Waals surface area contributed by atoms with E-state index in [1.165, 1.54) is 24.3 Å². The van der Waals surface area contributed by atoms with Gasteiger partial charge in [0.1, 0.15) is 14.1 Å². The average Bonchev–Trinajstić information content (AvgIpc) is 4.09. The molecule has 6 nitrogen and oxygen atoms in total. The highest BCUT2D eigenvalue weighted by Crippen LogP contribution is 2.34. The van der Waals surface area contributed by atoms with Crippen LogP contribution in [0.3, 0.4) is 0 Å². The van der Waals surface area contributed by atoms with Crippen molar-refractivity contribution in [2.75, 3.05) is 0 Å². The smallest absolute Gasteiger partial charge is 0.200 e. The van der Waals surface area contributed by atoms with Gasteiger partial charge in [0.05, 0.1) is 11.1 Å². The zero-order valence-corrected chi connectivity index (χ0v) is 30.9. The number of rotatable bonds is 4. The highest BCUT2D eigenvalue weighted by molar-refractivity contribution is 5.85. The fraction of sp³-hybridized carbons (Fsp3) is 0.0455. The molecule has 1 aliphatic heterocycles. The first-order valence-corrected chi connectivity index (χ1v) is 17.9. The van der Waals surface area contributed by atoms with E-state index in [-0.39, 0.29) is 22.1 Å². The molecular formula is C44H26F10N6+2. The Morgan fingerprint density at radius 3 is 0.850 bits per heavy atom. The number of halogens is 10. The van der Waals surface area contributed by atoms with Gasteiger partial charge < -0.3 is 19.9 Å². The van der Waals surface area contributed by atoms with E-state index in [1.54, 1.807) is 70.3 Å². The normalized spacial score (nSPS) is 12.9. The minimum absolute atomic E-state index is 0.191. The number of nitrogens with one attached hydrogen (secondary N) is 4. The zero-order valence-electron chi connectivity index (χ0n) is 30.9. The number of aromatic amines is 4. The summed E-state index contributed by atoms with van der Waals surface area (Å²) in [6.45, 7) is 0. The van der Waals surface area contributed by atoms with Crippen LogP contribution in [0.4, 0.5) is 43.9 Å². The largest absolute Gasteiger partial charge is 0.354 e. The summed E-state index contributed by atoms with van der Waals surface area (Å²) in [5.74, 6) is -22.6. The van der Waals surface area contributed by atoms with Crippen LogP contribution in [0.25, 0.3) is 22.3 Å². The molecular weight excluding hydrogens is 803 g/mol. The first-order chi connectivity index (χ1) is 28.7. The first kappa shape index (κ1) is 38.2. The SMILES string of the molecule is C[n+]1ccc(C2=c3ccc([nH]3)=C(c3cc[n+](C)cc3)c3ccc([nH]3)C(c3c(F)c(F)c(F)c(F)c3F)=c3ccc([nH]3)=C(c3c(F)c(F)c(F)c(F)c3F)c3ccc2[nH]3)cc1. The van der Waals surface area contributed by atoms with Gasteiger partial charge in [-0.25, -0.2) is 53.0 Å². The minimum atomic E-state index is -2.41. The van der Waals surface area contributed by atoms with E-state index in [1.807, 2.05) is 14.1 Å². The Bertz CT molecular complexity index is 3060. The van der Waals surface area contributed by atoms with Gasteiger partial charge in [-0.2, -0.15) is 0 Å². The van der Waals surface area contributed by atoms with Gasteiger partial charge in [0.15, 0.2) is 71.3 Å². The Hall–Kier alpha value is -7.36. The second-order valence-corrected chi connectivity index (χ2v) is 14.0. The van der Waals surface area contributed by atoms with Crippen molar-refractivity contribution in [1.82, 2.24) is 19.9 Å². The summed E-state index contributed by atoms with van der Waals surface area (Å²) in [5, 5.41) is 0.251. The second kappa shape index (κ2) is 14.2. The number of aryl methyl sites for hydroxylation is 2. The molecule has 6 aromatic heterocycles. The molecule has 7 heterocycles. The maximum atomic E-state index is 15.8.